The van der Waals surface area contributed by atoms with Crippen LogP contribution >= 0.6 is 0 Å². The summed E-state index contributed by atoms with van der Waals surface area (Å²) in [6, 6.07) is 3.49. The molecule has 2 rings (SSSR count). The molecule has 1 aromatic rings. The van der Waals surface area contributed by atoms with E-state index < -0.39 is 6.04 Å². The van der Waals surface area contributed by atoms with Crippen molar-refractivity contribution >= 4 is 12.2 Å². The summed E-state index contributed by atoms with van der Waals surface area (Å²) in [6.45, 7) is 4.49. The van der Waals surface area contributed by atoms with Gasteiger partial charge in [-0.3, -0.25) is 9.78 Å². The molecule has 1 aliphatic rings. The fourth-order valence-electron chi connectivity index (χ4n) is 2.59. The number of amides is 1. The average Bonchev–Trinajstić information content (AvgIpc) is 2.87. The van der Waals surface area contributed by atoms with Gasteiger partial charge in [-0.05, 0) is 56.8 Å². The molecular weight excluding hydrogens is 254 g/mol. The van der Waals surface area contributed by atoms with E-state index >= 15 is 0 Å². The van der Waals surface area contributed by atoms with Crippen molar-refractivity contribution in [3.05, 3.63) is 29.6 Å². The normalized spacial score (nSPS) is 23.3. The Bertz CT molecular complexity index is 490. The Hall–Kier alpha value is -1.75. The van der Waals surface area contributed by atoms with Gasteiger partial charge in [-0.2, -0.15) is 0 Å². The lowest BCUT2D eigenvalue weighted by Crippen LogP contribution is -2.44. The van der Waals surface area contributed by atoms with Gasteiger partial charge >= 0.3 is 0 Å². The molecule has 0 unspecified atom stereocenters. The van der Waals surface area contributed by atoms with Crippen molar-refractivity contribution < 1.29 is 9.59 Å². The summed E-state index contributed by atoms with van der Waals surface area (Å²) < 4.78 is 0. The van der Waals surface area contributed by atoms with E-state index in [2.05, 4.69) is 21.7 Å². The maximum atomic E-state index is 11.9. The summed E-state index contributed by atoms with van der Waals surface area (Å²) in [5.74, 6) is 0.358. The van der Waals surface area contributed by atoms with Crippen LogP contribution in [-0.4, -0.2) is 35.8 Å². The number of aldehydes is 1. The highest BCUT2D eigenvalue weighted by Crippen LogP contribution is 2.19. The first kappa shape index (κ1) is 14.7. The molecule has 5 heteroatoms. The maximum Gasteiger partial charge on any atom is 0.237 e. The summed E-state index contributed by atoms with van der Waals surface area (Å²) in [5, 5.41) is 5.91. The van der Waals surface area contributed by atoms with E-state index in [1.807, 2.05) is 19.2 Å². The van der Waals surface area contributed by atoms with Gasteiger partial charge in [0.25, 0.3) is 0 Å². The summed E-state index contributed by atoms with van der Waals surface area (Å²) in [5.41, 5.74) is 2.27. The lowest BCUT2D eigenvalue weighted by Gasteiger charge is -2.13. The average molecular weight is 275 g/mol. The van der Waals surface area contributed by atoms with Crippen LogP contribution in [0.1, 0.15) is 24.6 Å². The fourth-order valence-corrected chi connectivity index (χ4v) is 2.59. The molecule has 0 saturated carbocycles. The summed E-state index contributed by atoms with van der Waals surface area (Å²) >= 11 is 0. The third-order valence-corrected chi connectivity index (χ3v) is 3.60. The number of nitrogens with zero attached hydrogens (tertiary/aromatic N) is 1. The number of hydrogen-bond acceptors (Lipinski definition) is 4. The molecule has 0 aliphatic carbocycles. The minimum Gasteiger partial charge on any atom is -0.346 e. The van der Waals surface area contributed by atoms with Crippen LogP contribution in [0, 0.1) is 12.8 Å². The minimum atomic E-state index is -0.425. The molecule has 0 aromatic carbocycles. The van der Waals surface area contributed by atoms with Crippen LogP contribution < -0.4 is 10.6 Å². The fraction of sp³-hybridized carbons (Fsp3) is 0.533. The van der Waals surface area contributed by atoms with Gasteiger partial charge in [0.2, 0.25) is 5.91 Å². The monoisotopic (exact) mass is 275 g/mol. The van der Waals surface area contributed by atoms with Crippen LogP contribution in [0.15, 0.2) is 18.3 Å². The standard InChI is InChI=1S/C15H21N3O2/c1-10-5-12(3-4-16-10)6-13-7-14(17-8-13)15(20)18-11(2)9-19/h3-5,9,11,13-14,17H,6-8H2,1-2H3,(H,18,20)/t11-,13-,14+/m0/s1. The second kappa shape index (κ2) is 6.61. The van der Waals surface area contributed by atoms with E-state index in [0.29, 0.717) is 5.92 Å². The van der Waals surface area contributed by atoms with Crippen molar-refractivity contribution in [2.45, 2.75) is 38.8 Å². The molecular formula is C15H21N3O2. The highest BCUT2D eigenvalue weighted by Gasteiger charge is 2.29. The van der Waals surface area contributed by atoms with E-state index in [1.54, 1.807) is 6.92 Å². The van der Waals surface area contributed by atoms with Gasteiger partial charge in [0.15, 0.2) is 0 Å². The number of carbonyl (C=O) groups is 2. The van der Waals surface area contributed by atoms with Crippen molar-refractivity contribution in [2.24, 2.45) is 5.92 Å². The van der Waals surface area contributed by atoms with E-state index in [9.17, 15) is 9.59 Å². The number of hydrogen-bond donors (Lipinski definition) is 2. The molecule has 2 N–H and O–H groups in total. The second-order valence-corrected chi connectivity index (χ2v) is 5.51. The van der Waals surface area contributed by atoms with E-state index in [-0.39, 0.29) is 11.9 Å². The Labute approximate surface area is 119 Å². The first-order valence-corrected chi connectivity index (χ1v) is 6.99. The van der Waals surface area contributed by atoms with Gasteiger partial charge in [0.1, 0.15) is 6.29 Å². The maximum absolute atomic E-state index is 11.9. The molecule has 1 aromatic heterocycles. The van der Waals surface area contributed by atoms with Crippen molar-refractivity contribution in [1.82, 2.24) is 15.6 Å². The molecule has 0 bridgehead atoms. The molecule has 2 heterocycles. The number of carbonyl (C=O) groups excluding carboxylic acids is 2. The lowest BCUT2D eigenvalue weighted by atomic mass is 9.96. The first-order chi connectivity index (χ1) is 9.58. The zero-order valence-electron chi connectivity index (χ0n) is 11.9. The Morgan fingerprint density at radius 2 is 2.45 bits per heavy atom. The Morgan fingerprint density at radius 1 is 1.65 bits per heavy atom. The SMILES string of the molecule is Cc1cc(C[C@@H]2CN[C@@H](C(=O)N[C@@H](C)C=O)C2)ccn1. The molecule has 3 atom stereocenters. The zero-order valence-corrected chi connectivity index (χ0v) is 11.9. The molecule has 1 amide bonds. The van der Waals surface area contributed by atoms with Gasteiger partial charge in [0.05, 0.1) is 12.1 Å². The number of rotatable bonds is 5. The second-order valence-electron chi connectivity index (χ2n) is 5.51. The van der Waals surface area contributed by atoms with Crippen LogP contribution in [0.3, 0.4) is 0 Å². The van der Waals surface area contributed by atoms with E-state index in [0.717, 1.165) is 31.4 Å². The van der Waals surface area contributed by atoms with Crippen molar-refractivity contribution in [1.29, 1.82) is 0 Å². The molecule has 5 nitrogen and oxygen atoms in total. The van der Waals surface area contributed by atoms with E-state index in [4.69, 9.17) is 0 Å². The van der Waals surface area contributed by atoms with Crippen LogP contribution in [0.25, 0.3) is 0 Å². The predicted octanol–water partition coefficient (Wildman–Crippen LogP) is 0.614. The van der Waals surface area contributed by atoms with Gasteiger partial charge in [-0.25, -0.2) is 0 Å². The molecule has 1 fully saturated rings. The van der Waals surface area contributed by atoms with Gasteiger partial charge in [-0.1, -0.05) is 0 Å². The van der Waals surface area contributed by atoms with Gasteiger partial charge < -0.3 is 15.4 Å². The van der Waals surface area contributed by atoms with Crippen LogP contribution in [-0.2, 0) is 16.0 Å². The van der Waals surface area contributed by atoms with Gasteiger partial charge in [-0.15, -0.1) is 0 Å². The third-order valence-electron chi connectivity index (χ3n) is 3.60. The van der Waals surface area contributed by atoms with Crippen LogP contribution in [0.4, 0.5) is 0 Å². The molecule has 0 spiro atoms. The minimum absolute atomic E-state index is 0.0852. The summed E-state index contributed by atoms with van der Waals surface area (Å²) in [6.07, 6.45) is 4.31. The summed E-state index contributed by atoms with van der Waals surface area (Å²) in [7, 11) is 0. The summed E-state index contributed by atoms with van der Waals surface area (Å²) in [4.78, 5) is 26.7. The zero-order chi connectivity index (χ0) is 14.5. The number of aryl methyl sites for hydroxylation is 1. The lowest BCUT2D eigenvalue weighted by molar-refractivity contribution is -0.125. The highest BCUT2D eigenvalue weighted by molar-refractivity contribution is 5.84. The Kier molecular flexibility index (Phi) is 4.84. The van der Waals surface area contributed by atoms with Crippen molar-refractivity contribution in [3.8, 4) is 0 Å². The Balaban J connectivity index is 1.86. The number of pyridine rings is 1. The molecule has 108 valence electrons. The molecule has 20 heavy (non-hydrogen) atoms. The van der Waals surface area contributed by atoms with E-state index in [1.165, 1.54) is 5.56 Å². The van der Waals surface area contributed by atoms with Crippen LogP contribution in [0.5, 0.6) is 0 Å². The molecule has 1 aliphatic heterocycles. The third kappa shape index (κ3) is 3.87. The van der Waals surface area contributed by atoms with Crippen molar-refractivity contribution in [2.75, 3.05) is 6.54 Å². The Morgan fingerprint density at radius 3 is 3.15 bits per heavy atom. The molecule has 1 saturated heterocycles. The predicted molar refractivity (Wildman–Crippen MR) is 76.2 cm³/mol. The first-order valence-electron chi connectivity index (χ1n) is 6.99. The number of nitrogens with one attached hydrogen (secondary N) is 2. The number of aromatic nitrogens is 1. The van der Waals surface area contributed by atoms with Crippen LogP contribution in [0.2, 0.25) is 0 Å². The topological polar surface area (TPSA) is 71.1 Å². The van der Waals surface area contributed by atoms with Gasteiger partial charge in [0, 0.05) is 11.9 Å². The smallest absolute Gasteiger partial charge is 0.237 e. The molecule has 0 radical (unpaired) electrons. The van der Waals surface area contributed by atoms with Crippen molar-refractivity contribution in [3.63, 3.8) is 0 Å². The highest BCUT2D eigenvalue weighted by atomic mass is 16.2. The quantitative estimate of drug-likeness (QED) is 0.773. The largest absolute Gasteiger partial charge is 0.346 e.